The molecule has 0 bridgehead atoms. The van der Waals surface area contributed by atoms with Gasteiger partial charge in [0.15, 0.2) is 0 Å². The fourth-order valence-corrected chi connectivity index (χ4v) is 3.41. The summed E-state index contributed by atoms with van der Waals surface area (Å²) in [6.07, 6.45) is 0.792. The predicted molar refractivity (Wildman–Crippen MR) is 90.2 cm³/mol. The summed E-state index contributed by atoms with van der Waals surface area (Å²) in [5.41, 5.74) is 1.21. The normalized spacial score (nSPS) is 11.7. The van der Waals surface area contributed by atoms with Gasteiger partial charge >= 0.3 is 0 Å². The molecule has 0 radical (unpaired) electrons. The Kier molecular flexibility index (Phi) is 7.51. The van der Waals surface area contributed by atoms with Gasteiger partial charge in [-0.3, -0.25) is 0 Å². The van der Waals surface area contributed by atoms with Crippen LogP contribution in [0.3, 0.4) is 0 Å². The highest BCUT2D eigenvalue weighted by atomic mass is 79.9. The van der Waals surface area contributed by atoms with E-state index < -0.39 is 0 Å². The Morgan fingerprint density at radius 2 is 2.00 bits per heavy atom. The van der Waals surface area contributed by atoms with Gasteiger partial charge in [0.2, 0.25) is 0 Å². The van der Waals surface area contributed by atoms with E-state index in [0.29, 0.717) is 6.61 Å². The predicted octanol–water partition coefficient (Wildman–Crippen LogP) is 4.11. The zero-order valence-corrected chi connectivity index (χ0v) is 15.5. The van der Waals surface area contributed by atoms with E-state index in [0.717, 1.165) is 39.8 Å². The van der Waals surface area contributed by atoms with Crippen LogP contribution in [-0.2, 0) is 6.54 Å². The molecule has 0 aliphatic carbocycles. The van der Waals surface area contributed by atoms with E-state index >= 15 is 0 Å². The number of nitrogens with one attached hydrogen (secondary N) is 1. The Morgan fingerprint density at radius 1 is 1.30 bits per heavy atom. The van der Waals surface area contributed by atoms with E-state index in [1.54, 1.807) is 0 Å². The molecule has 0 heterocycles. The van der Waals surface area contributed by atoms with E-state index in [1.807, 2.05) is 13.0 Å². The lowest BCUT2D eigenvalue weighted by molar-refractivity contribution is 0.206. The number of halogens is 2. The molecule has 0 saturated carbocycles. The summed E-state index contributed by atoms with van der Waals surface area (Å²) in [4.78, 5) is 0. The minimum Gasteiger partial charge on any atom is -0.492 e. The van der Waals surface area contributed by atoms with Gasteiger partial charge in [0, 0.05) is 29.7 Å². The first kappa shape index (κ1) is 18.0. The maximum atomic E-state index is 9.04. The first-order valence-corrected chi connectivity index (χ1v) is 8.40. The standard InChI is InChI=1S/C15H23Br2NO2/c1-4-20-14-11(7-12(16)8-13(14)17)9-18-10-15(2,3)5-6-19/h7-8,18-19H,4-6,9-10H2,1-3H3. The summed E-state index contributed by atoms with van der Waals surface area (Å²) < 4.78 is 7.69. The van der Waals surface area contributed by atoms with Crippen LogP contribution >= 0.6 is 31.9 Å². The minimum atomic E-state index is 0.0871. The van der Waals surface area contributed by atoms with Crippen LogP contribution in [0.2, 0.25) is 0 Å². The van der Waals surface area contributed by atoms with Gasteiger partial charge in [-0.05, 0) is 46.8 Å². The molecular formula is C15H23Br2NO2. The molecule has 5 heteroatoms. The molecular weight excluding hydrogens is 386 g/mol. The highest BCUT2D eigenvalue weighted by molar-refractivity contribution is 9.11. The van der Waals surface area contributed by atoms with Gasteiger partial charge < -0.3 is 15.2 Å². The van der Waals surface area contributed by atoms with Crippen molar-refractivity contribution in [3.8, 4) is 5.75 Å². The maximum Gasteiger partial charge on any atom is 0.138 e. The molecule has 0 aliphatic heterocycles. The summed E-state index contributed by atoms with van der Waals surface area (Å²) in [7, 11) is 0. The molecule has 0 aromatic heterocycles. The first-order chi connectivity index (χ1) is 9.39. The summed E-state index contributed by atoms with van der Waals surface area (Å²) in [6, 6.07) is 4.06. The highest BCUT2D eigenvalue weighted by Gasteiger charge is 2.17. The third-order valence-electron chi connectivity index (χ3n) is 3.08. The Morgan fingerprint density at radius 3 is 2.60 bits per heavy atom. The molecule has 1 aromatic rings. The second-order valence-corrected chi connectivity index (χ2v) is 7.32. The van der Waals surface area contributed by atoms with Crippen LogP contribution in [0, 0.1) is 5.41 Å². The first-order valence-electron chi connectivity index (χ1n) is 6.82. The van der Waals surface area contributed by atoms with Gasteiger partial charge in [-0.1, -0.05) is 29.8 Å². The highest BCUT2D eigenvalue weighted by Crippen LogP contribution is 2.33. The van der Waals surface area contributed by atoms with Crippen LogP contribution in [0.4, 0.5) is 0 Å². The summed E-state index contributed by atoms with van der Waals surface area (Å²) in [5.74, 6) is 0.892. The van der Waals surface area contributed by atoms with E-state index in [4.69, 9.17) is 9.84 Å². The van der Waals surface area contributed by atoms with Crippen molar-refractivity contribution in [3.63, 3.8) is 0 Å². The Bertz CT molecular complexity index is 436. The number of benzene rings is 1. The summed E-state index contributed by atoms with van der Waals surface area (Å²) in [6.45, 7) is 8.74. The lowest BCUT2D eigenvalue weighted by Crippen LogP contribution is -2.30. The van der Waals surface area contributed by atoms with E-state index in [-0.39, 0.29) is 12.0 Å². The van der Waals surface area contributed by atoms with Crippen LogP contribution in [0.1, 0.15) is 32.8 Å². The van der Waals surface area contributed by atoms with Gasteiger partial charge in [0.1, 0.15) is 5.75 Å². The average Bonchev–Trinajstić information content (AvgIpc) is 2.33. The molecule has 3 nitrogen and oxygen atoms in total. The van der Waals surface area contributed by atoms with Crippen LogP contribution < -0.4 is 10.1 Å². The van der Waals surface area contributed by atoms with Crippen molar-refractivity contribution >= 4 is 31.9 Å². The molecule has 1 aromatic carbocycles. The Labute approximate surface area is 138 Å². The zero-order chi connectivity index (χ0) is 15.2. The average molecular weight is 409 g/mol. The van der Waals surface area contributed by atoms with Gasteiger partial charge in [0.25, 0.3) is 0 Å². The second kappa shape index (κ2) is 8.37. The number of ether oxygens (including phenoxy) is 1. The van der Waals surface area contributed by atoms with Crippen molar-refractivity contribution in [1.29, 1.82) is 0 Å². The fourth-order valence-electron chi connectivity index (χ4n) is 1.98. The molecule has 0 atom stereocenters. The van der Waals surface area contributed by atoms with Crippen molar-refractivity contribution in [2.24, 2.45) is 5.41 Å². The zero-order valence-electron chi connectivity index (χ0n) is 12.3. The maximum absolute atomic E-state index is 9.04. The molecule has 0 spiro atoms. The van der Waals surface area contributed by atoms with Crippen molar-refractivity contribution < 1.29 is 9.84 Å². The molecule has 1 rings (SSSR count). The van der Waals surface area contributed by atoms with Gasteiger partial charge in [-0.25, -0.2) is 0 Å². The number of hydrogen-bond donors (Lipinski definition) is 2. The van der Waals surface area contributed by atoms with Crippen molar-refractivity contribution in [2.75, 3.05) is 19.8 Å². The van der Waals surface area contributed by atoms with Crippen molar-refractivity contribution in [2.45, 2.75) is 33.7 Å². The molecule has 2 N–H and O–H groups in total. The van der Waals surface area contributed by atoms with Crippen molar-refractivity contribution in [1.82, 2.24) is 5.32 Å². The Hall–Kier alpha value is -0.100. The lowest BCUT2D eigenvalue weighted by Gasteiger charge is -2.24. The van der Waals surface area contributed by atoms with Gasteiger partial charge in [-0.15, -0.1) is 0 Å². The Balaban J connectivity index is 2.72. The largest absolute Gasteiger partial charge is 0.492 e. The molecule has 114 valence electrons. The fraction of sp³-hybridized carbons (Fsp3) is 0.600. The molecule has 0 fully saturated rings. The summed E-state index contributed by atoms with van der Waals surface area (Å²) >= 11 is 7.05. The number of aliphatic hydroxyl groups excluding tert-OH is 1. The smallest absolute Gasteiger partial charge is 0.138 e. The van der Waals surface area contributed by atoms with E-state index in [9.17, 15) is 0 Å². The topological polar surface area (TPSA) is 41.5 Å². The van der Waals surface area contributed by atoms with Crippen LogP contribution in [0.15, 0.2) is 21.1 Å². The van der Waals surface area contributed by atoms with E-state index in [1.165, 1.54) is 0 Å². The molecule has 0 unspecified atom stereocenters. The summed E-state index contributed by atoms with van der Waals surface area (Å²) in [5, 5.41) is 12.5. The number of hydrogen-bond acceptors (Lipinski definition) is 3. The van der Waals surface area contributed by atoms with Crippen LogP contribution in [-0.4, -0.2) is 24.9 Å². The third kappa shape index (κ3) is 5.72. The monoisotopic (exact) mass is 407 g/mol. The number of aliphatic hydroxyl groups is 1. The van der Waals surface area contributed by atoms with Crippen molar-refractivity contribution in [3.05, 3.63) is 26.6 Å². The third-order valence-corrected chi connectivity index (χ3v) is 4.13. The molecule has 20 heavy (non-hydrogen) atoms. The molecule has 0 saturated heterocycles. The van der Waals surface area contributed by atoms with E-state index in [2.05, 4.69) is 57.1 Å². The lowest BCUT2D eigenvalue weighted by atomic mass is 9.90. The number of rotatable bonds is 8. The quantitative estimate of drug-likeness (QED) is 0.680. The molecule has 0 amide bonds. The minimum absolute atomic E-state index is 0.0871. The van der Waals surface area contributed by atoms with Gasteiger partial charge in [0.05, 0.1) is 11.1 Å². The SMILES string of the molecule is CCOc1c(Br)cc(Br)cc1CNCC(C)(C)CCO. The second-order valence-electron chi connectivity index (χ2n) is 5.55. The van der Waals surface area contributed by atoms with Crippen LogP contribution in [0.25, 0.3) is 0 Å². The van der Waals surface area contributed by atoms with Crippen LogP contribution in [0.5, 0.6) is 5.75 Å². The molecule has 0 aliphatic rings. The van der Waals surface area contributed by atoms with Gasteiger partial charge in [-0.2, -0.15) is 0 Å².